The fraction of sp³-hybridized carbons (Fsp3) is 0.857. The zero-order valence-corrected chi connectivity index (χ0v) is 12.8. The van der Waals surface area contributed by atoms with Crippen molar-refractivity contribution in [3.63, 3.8) is 0 Å². The van der Waals surface area contributed by atoms with Gasteiger partial charge in [-0.1, -0.05) is 34.6 Å². The molecule has 0 unspecified atom stereocenters. The standard InChI is InChI=1S/C14H28N2O3/c1-6-13(4,5)9-15-12(19)16-10-14(7-2,8-3)11(17)18/h6-10H2,1-5H3,(H,17,18)(H2,15,16,19). The van der Waals surface area contributed by atoms with Crippen LogP contribution in [-0.4, -0.2) is 30.2 Å². The molecule has 5 nitrogen and oxygen atoms in total. The van der Waals surface area contributed by atoms with Crippen molar-refractivity contribution in [2.45, 2.75) is 53.9 Å². The van der Waals surface area contributed by atoms with Crippen LogP contribution in [0, 0.1) is 10.8 Å². The van der Waals surface area contributed by atoms with Gasteiger partial charge in [0.25, 0.3) is 0 Å². The number of carboxylic acids is 1. The number of rotatable bonds is 8. The van der Waals surface area contributed by atoms with E-state index in [0.717, 1.165) is 6.42 Å². The van der Waals surface area contributed by atoms with Crippen molar-refractivity contribution in [2.24, 2.45) is 10.8 Å². The molecule has 0 bridgehead atoms. The summed E-state index contributed by atoms with van der Waals surface area (Å²) in [5.74, 6) is -0.855. The summed E-state index contributed by atoms with van der Waals surface area (Å²) in [4.78, 5) is 23.0. The van der Waals surface area contributed by atoms with E-state index in [2.05, 4.69) is 31.4 Å². The predicted octanol–water partition coefficient (Wildman–Crippen LogP) is 2.61. The maximum atomic E-state index is 11.7. The van der Waals surface area contributed by atoms with Crippen LogP contribution in [-0.2, 0) is 4.79 Å². The zero-order valence-electron chi connectivity index (χ0n) is 12.8. The number of carbonyl (C=O) groups is 2. The summed E-state index contributed by atoms with van der Waals surface area (Å²) in [6, 6.07) is -0.297. The zero-order chi connectivity index (χ0) is 15.1. The Balaban J connectivity index is 4.32. The lowest BCUT2D eigenvalue weighted by Gasteiger charge is -2.28. The van der Waals surface area contributed by atoms with Gasteiger partial charge in [0.05, 0.1) is 5.41 Å². The normalized spacial score (nSPS) is 12.1. The number of hydrogen-bond acceptors (Lipinski definition) is 2. The first-order valence-electron chi connectivity index (χ1n) is 6.98. The molecule has 0 heterocycles. The molecular formula is C14H28N2O3. The third kappa shape index (κ3) is 5.49. The van der Waals surface area contributed by atoms with Gasteiger partial charge >= 0.3 is 12.0 Å². The van der Waals surface area contributed by atoms with E-state index in [1.807, 2.05) is 13.8 Å². The Morgan fingerprint density at radius 2 is 1.42 bits per heavy atom. The number of carboxylic acid groups (broad SMARTS) is 1. The molecule has 0 aliphatic heterocycles. The Labute approximate surface area is 116 Å². The molecule has 0 aliphatic carbocycles. The molecule has 0 rings (SSSR count). The van der Waals surface area contributed by atoms with Gasteiger partial charge in [-0.25, -0.2) is 4.79 Å². The minimum Gasteiger partial charge on any atom is -0.481 e. The molecule has 0 aliphatic rings. The van der Waals surface area contributed by atoms with Crippen molar-refractivity contribution in [3.05, 3.63) is 0 Å². The molecule has 0 atom stereocenters. The Morgan fingerprint density at radius 3 is 1.79 bits per heavy atom. The molecule has 0 spiro atoms. The van der Waals surface area contributed by atoms with Gasteiger partial charge in [0.2, 0.25) is 0 Å². The highest BCUT2D eigenvalue weighted by molar-refractivity contribution is 5.78. The van der Waals surface area contributed by atoms with Gasteiger partial charge in [0, 0.05) is 13.1 Å². The van der Waals surface area contributed by atoms with E-state index in [0.29, 0.717) is 19.4 Å². The molecule has 19 heavy (non-hydrogen) atoms. The summed E-state index contributed by atoms with van der Waals surface area (Å²) < 4.78 is 0. The lowest BCUT2D eigenvalue weighted by molar-refractivity contribution is -0.149. The lowest BCUT2D eigenvalue weighted by atomic mass is 9.82. The van der Waals surface area contributed by atoms with E-state index in [1.54, 1.807) is 0 Å². The van der Waals surface area contributed by atoms with Crippen LogP contribution in [0.3, 0.4) is 0 Å². The third-order valence-electron chi connectivity index (χ3n) is 4.08. The van der Waals surface area contributed by atoms with Gasteiger partial charge in [-0.05, 0) is 24.7 Å². The average molecular weight is 272 g/mol. The Morgan fingerprint density at radius 1 is 0.947 bits per heavy atom. The second-order valence-corrected chi connectivity index (χ2v) is 5.85. The van der Waals surface area contributed by atoms with Gasteiger partial charge in [0.15, 0.2) is 0 Å². The molecule has 5 heteroatoms. The minimum absolute atomic E-state index is 0.0523. The Hall–Kier alpha value is -1.26. The SMILES string of the molecule is CCC(C)(C)CNC(=O)NCC(CC)(CC)C(=O)O. The van der Waals surface area contributed by atoms with Crippen LogP contribution < -0.4 is 10.6 Å². The van der Waals surface area contributed by atoms with Crippen LogP contribution in [0.15, 0.2) is 0 Å². The summed E-state index contributed by atoms with van der Waals surface area (Å²) in [5.41, 5.74) is -0.811. The van der Waals surface area contributed by atoms with E-state index < -0.39 is 11.4 Å². The molecule has 2 amide bonds. The predicted molar refractivity (Wildman–Crippen MR) is 76.1 cm³/mol. The fourth-order valence-corrected chi connectivity index (χ4v) is 1.63. The number of carbonyl (C=O) groups excluding carboxylic acids is 1. The van der Waals surface area contributed by atoms with Gasteiger partial charge in [-0.3, -0.25) is 4.79 Å². The van der Waals surface area contributed by atoms with Crippen LogP contribution in [0.1, 0.15) is 53.9 Å². The largest absolute Gasteiger partial charge is 0.481 e. The number of urea groups is 1. The summed E-state index contributed by atoms with van der Waals surface area (Å²) in [6.45, 7) is 10.6. The maximum Gasteiger partial charge on any atom is 0.314 e. The van der Waals surface area contributed by atoms with Gasteiger partial charge in [-0.15, -0.1) is 0 Å². The maximum absolute atomic E-state index is 11.7. The molecular weight excluding hydrogens is 244 g/mol. The molecule has 0 saturated heterocycles. The highest BCUT2D eigenvalue weighted by Crippen LogP contribution is 2.25. The summed E-state index contributed by atoms with van der Waals surface area (Å²) in [7, 11) is 0. The minimum atomic E-state index is -0.863. The second kappa shape index (κ2) is 7.36. The van der Waals surface area contributed by atoms with Crippen LogP contribution >= 0.6 is 0 Å². The van der Waals surface area contributed by atoms with Gasteiger partial charge in [-0.2, -0.15) is 0 Å². The van der Waals surface area contributed by atoms with E-state index in [9.17, 15) is 14.7 Å². The molecule has 0 radical (unpaired) electrons. The first-order valence-corrected chi connectivity index (χ1v) is 6.98. The van der Waals surface area contributed by atoms with Crippen molar-refractivity contribution in [1.29, 1.82) is 0 Å². The molecule has 112 valence electrons. The lowest BCUT2D eigenvalue weighted by Crippen LogP contribution is -2.47. The van der Waals surface area contributed by atoms with Crippen molar-refractivity contribution in [3.8, 4) is 0 Å². The van der Waals surface area contributed by atoms with Crippen LogP contribution in [0.2, 0.25) is 0 Å². The van der Waals surface area contributed by atoms with Gasteiger partial charge in [0.1, 0.15) is 0 Å². The molecule has 0 saturated carbocycles. The Bertz CT molecular complexity index is 310. The monoisotopic (exact) mass is 272 g/mol. The van der Waals surface area contributed by atoms with Crippen LogP contribution in [0.4, 0.5) is 4.79 Å². The van der Waals surface area contributed by atoms with Crippen molar-refractivity contribution < 1.29 is 14.7 Å². The highest BCUT2D eigenvalue weighted by Gasteiger charge is 2.35. The third-order valence-corrected chi connectivity index (χ3v) is 4.08. The topological polar surface area (TPSA) is 78.4 Å². The van der Waals surface area contributed by atoms with Crippen molar-refractivity contribution in [2.75, 3.05) is 13.1 Å². The van der Waals surface area contributed by atoms with Crippen LogP contribution in [0.25, 0.3) is 0 Å². The quantitative estimate of drug-likeness (QED) is 0.635. The van der Waals surface area contributed by atoms with Gasteiger partial charge < -0.3 is 15.7 Å². The second-order valence-electron chi connectivity index (χ2n) is 5.85. The van der Waals surface area contributed by atoms with Crippen molar-refractivity contribution in [1.82, 2.24) is 10.6 Å². The summed E-state index contributed by atoms with van der Waals surface area (Å²) >= 11 is 0. The van der Waals surface area contributed by atoms with E-state index in [1.165, 1.54) is 0 Å². The number of nitrogens with one attached hydrogen (secondary N) is 2. The summed E-state index contributed by atoms with van der Waals surface area (Å²) in [6.07, 6.45) is 1.97. The van der Waals surface area contributed by atoms with E-state index in [-0.39, 0.29) is 18.0 Å². The van der Waals surface area contributed by atoms with Crippen molar-refractivity contribution >= 4 is 12.0 Å². The number of hydrogen-bond donors (Lipinski definition) is 3. The molecule has 0 fully saturated rings. The first kappa shape index (κ1) is 17.7. The fourth-order valence-electron chi connectivity index (χ4n) is 1.63. The van der Waals surface area contributed by atoms with E-state index >= 15 is 0 Å². The highest BCUT2D eigenvalue weighted by atomic mass is 16.4. The number of amides is 2. The molecule has 3 N–H and O–H groups in total. The molecule has 0 aromatic rings. The summed E-state index contributed by atoms with van der Waals surface area (Å²) in [5, 5.41) is 14.7. The average Bonchev–Trinajstić information content (AvgIpc) is 2.38. The molecule has 0 aromatic heterocycles. The smallest absolute Gasteiger partial charge is 0.314 e. The molecule has 0 aromatic carbocycles. The Kier molecular flexibility index (Phi) is 6.87. The number of aliphatic carboxylic acids is 1. The van der Waals surface area contributed by atoms with E-state index in [4.69, 9.17) is 0 Å². The van der Waals surface area contributed by atoms with Crippen LogP contribution in [0.5, 0.6) is 0 Å². The first-order chi connectivity index (χ1) is 8.73.